The van der Waals surface area contributed by atoms with E-state index in [1.165, 1.54) is 23.1 Å². The van der Waals surface area contributed by atoms with Gasteiger partial charge in [-0.25, -0.2) is 0 Å². The van der Waals surface area contributed by atoms with Crippen LogP contribution in [0.1, 0.15) is 40.5 Å². The second kappa shape index (κ2) is 6.96. The largest absolute Gasteiger partial charge is 0.417 e. The van der Waals surface area contributed by atoms with Crippen LogP contribution in [-0.4, -0.2) is 56.8 Å². The number of rotatable bonds is 3. The second-order valence-electron chi connectivity index (χ2n) is 7.62. The van der Waals surface area contributed by atoms with Gasteiger partial charge in [-0.1, -0.05) is 12.1 Å². The van der Waals surface area contributed by atoms with Crippen molar-refractivity contribution in [3.63, 3.8) is 0 Å². The molecule has 1 amide bonds. The topological polar surface area (TPSA) is 66.6 Å². The Hall–Kier alpha value is -3.17. The highest BCUT2D eigenvalue weighted by Gasteiger charge is 2.36. The van der Waals surface area contributed by atoms with E-state index in [-0.39, 0.29) is 5.56 Å². The fraction of sp³-hybridized carbons (Fsp3) is 0.400. The van der Waals surface area contributed by atoms with Crippen molar-refractivity contribution in [2.45, 2.75) is 24.9 Å². The molecule has 0 atom stereocenters. The van der Waals surface area contributed by atoms with Gasteiger partial charge in [0, 0.05) is 32.1 Å². The van der Waals surface area contributed by atoms with Gasteiger partial charge in [-0.05, 0) is 37.1 Å². The molecule has 1 aliphatic heterocycles. The maximum absolute atomic E-state index is 13.3. The summed E-state index contributed by atoms with van der Waals surface area (Å²) in [5.74, 6) is 1.42. The Morgan fingerprint density at radius 3 is 2.40 bits per heavy atom. The highest BCUT2D eigenvalue weighted by atomic mass is 19.4. The van der Waals surface area contributed by atoms with Gasteiger partial charge in [-0.3, -0.25) is 4.79 Å². The summed E-state index contributed by atoms with van der Waals surface area (Å²) in [6.07, 6.45) is -2.38. The van der Waals surface area contributed by atoms with Crippen molar-refractivity contribution in [2.75, 3.05) is 31.1 Å². The average molecular weight is 416 g/mol. The summed E-state index contributed by atoms with van der Waals surface area (Å²) in [5, 5.41) is 13.0. The molecule has 7 nitrogen and oxygen atoms in total. The molecule has 10 heteroatoms. The SMILES string of the molecule is O=C(c1ccccc1C(F)(F)F)N1CCN(c2ccc3nnc(C4CC4)n3n2)CC1. The Kier molecular flexibility index (Phi) is 4.37. The van der Waals surface area contributed by atoms with Crippen molar-refractivity contribution in [2.24, 2.45) is 0 Å². The highest BCUT2D eigenvalue weighted by molar-refractivity contribution is 5.96. The number of carbonyl (C=O) groups is 1. The van der Waals surface area contributed by atoms with Crippen LogP contribution in [0.5, 0.6) is 0 Å². The number of piperazine rings is 1. The van der Waals surface area contributed by atoms with Gasteiger partial charge in [0.1, 0.15) is 5.82 Å². The molecule has 2 fully saturated rings. The smallest absolute Gasteiger partial charge is 0.352 e. The molecule has 3 heterocycles. The van der Waals surface area contributed by atoms with Crippen LogP contribution in [0, 0.1) is 0 Å². The average Bonchev–Trinajstić information content (AvgIpc) is 3.51. The first-order valence-corrected chi connectivity index (χ1v) is 9.84. The molecule has 1 aromatic carbocycles. The second-order valence-corrected chi connectivity index (χ2v) is 7.62. The van der Waals surface area contributed by atoms with Crippen LogP contribution in [-0.2, 0) is 6.18 Å². The molecule has 5 rings (SSSR count). The Morgan fingerprint density at radius 2 is 1.70 bits per heavy atom. The molecule has 3 aromatic rings. The number of anilines is 1. The third-order valence-electron chi connectivity index (χ3n) is 5.57. The highest BCUT2D eigenvalue weighted by Crippen LogP contribution is 2.38. The van der Waals surface area contributed by atoms with Gasteiger partial charge < -0.3 is 9.80 Å². The third-order valence-corrected chi connectivity index (χ3v) is 5.57. The number of aromatic nitrogens is 4. The molecule has 30 heavy (non-hydrogen) atoms. The first-order valence-electron chi connectivity index (χ1n) is 9.84. The van der Waals surface area contributed by atoms with E-state index in [4.69, 9.17) is 0 Å². The number of amides is 1. The van der Waals surface area contributed by atoms with E-state index >= 15 is 0 Å². The summed E-state index contributed by atoms with van der Waals surface area (Å²) in [7, 11) is 0. The van der Waals surface area contributed by atoms with Gasteiger partial charge in [-0.2, -0.15) is 17.7 Å². The van der Waals surface area contributed by atoms with Crippen molar-refractivity contribution >= 4 is 17.4 Å². The van der Waals surface area contributed by atoms with E-state index in [0.29, 0.717) is 37.7 Å². The summed E-state index contributed by atoms with van der Waals surface area (Å²) < 4.78 is 41.5. The van der Waals surface area contributed by atoms with Gasteiger partial charge in [0.15, 0.2) is 11.5 Å². The summed E-state index contributed by atoms with van der Waals surface area (Å²) in [6, 6.07) is 8.64. The quantitative estimate of drug-likeness (QED) is 0.657. The van der Waals surface area contributed by atoms with E-state index < -0.39 is 17.6 Å². The fourth-order valence-corrected chi connectivity index (χ4v) is 3.79. The van der Waals surface area contributed by atoms with E-state index in [1.807, 2.05) is 17.0 Å². The minimum absolute atomic E-state index is 0.309. The number of benzene rings is 1. The number of hydrogen-bond acceptors (Lipinski definition) is 5. The Bertz CT molecular complexity index is 1100. The normalized spacial score (nSPS) is 17.6. The molecule has 0 radical (unpaired) electrons. The molecule has 1 saturated heterocycles. The molecular formula is C20H19F3N6O. The van der Waals surface area contributed by atoms with Crippen molar-refractivity contribution in [1.82, 2.24) is 24.7 Å². The van der Waals surface area contributed by atoms with Crippen molar-refractivity contribution < 1.29 is 18.0 Å². The van der Waals surface area contributed by atoms with E-state index in [2.05, 4.69) is 15.3 Å². The Balaban J connectivity index is 1.32. The minimum atomic E-state index is -4.56. The van der Waals surface area contributed by atoms with Crippen LogP contribution in [0.25, 0.3) is 5.65 Å². The third kappa shape index (κ3) is 3.35. The molecule has 1 aliphatic carbocycles. The van der Waals surface area contributed by atoms with Crippen LogP contribution in [0.4, 0.5) is 19.0 Å². The lowest BCUT2D eigenvalue weighted by atomic mass is 10.1. The lowest BCUT2D eigenvalue weighted by molar-refractivity contribution is -0.138. The van der Waals surface area contributed by atoms with Gasteiger partial charge in [-0.15, -0.1) is 15.3 Å². The monoisotopic (exact) mass is 416 g/mol. The lowest BCUT2D eigenvalue weighted by Gasteiger charge is -2.35. The van der Waals surface area contributed by atoms with Gasteiger partial charge in [0.2, 0.25) is 0 Å². The predicted molar refractivity (Wildman–Crippen MR) is 102 cm³/mol. The fourth-order valence-electron chi connectivity index (χ4n) is 3.79. The van der Waals surface area contributed by atoms with Crippen molar-refractivity contribution in [3.8, 4) is 0 Å². The Morgan fingerprint density at radius 1 is 0.967 bits per heavy atom. The molecule has 2 aliphatic rings. The van der Waals surface area contributed by atoms with Crippen LogP contribution in [0.2, 0.25) is 0 Å². The molecule has 156 valence electrons. The first kappa shape index (κ1) is 18.8. The number of carbonyl (C=O) groups excluding carboxylic acids is 1. The first-order chi connectivity index (χ1) is 14.4. The zero-order chi connectivity index (χ0) is 20.9. The van der Waals surface area contributed by atoms with E-state index in [9.17, 15) is 18.0 Å². The molecule has 1 saturated carbocycles. The number of nitrogens with zero attached hydrogens (tertiary/aromatic N) is 6. The molecule has 0 bridgehead atoms. The number of alkyl halides is 3. The lowest BCUT2D eigenvalue weighted by Crippen LogP contribution is -2.49. The summed E-state index contributed by atoms with van der Waals surface area (Å²) in [5.41, 5.74) is -0.514. The number of hydrogen-bond donors (Lipinski definition) is 0. The van der Waals surface area contributed by atoms with Crippen molar-refractivity contribution in [3.05, 3.63) is 53.3 Å². The summed E-state index contributed by atoms with van der Waals surface area (Å²) in [6.45, 7) is 1.61. The van der Waals surface area contributed by atoms with Crippen molar-refractivity contribution in [1.29, 1.82) is 0 Å². The van der Waals surface area contributed by atoms with Crippen LogP contribution >= 0.6 is 0 Å². The van der Waals surface area contributed by atoms with Crippen LogP contribution in [0.3, 0.4) is 0 Å². The van der Waals surface area contributed by atoms with Gasteiger partial charge in [0.05, 0.1) is 11.1 Å². The molecule has 2 aromatic heterocycles. The van der Waals surface area contributed by atoms with Gasteiger partial charge >= 0.3 is 6.18 Å². The zero-order valence-corrected chi connectivity index (χ0v) is 16.0. The van der Waals surface area contributed by atoms with Crippen LogP contribution < -0.4 is 4.90 Å². The molecule has 0 spiro atoms. The standard InChI is InChI=1S/C20H19F3N6O/c21-20(22,23)15-4-2-1-3-14(15)19(30)28-11-9-27(10-12-28)17-8-7-16-24-25-18(13-5-6-13)29(16)26-17/h1-4,7-8,13H,5-6,9-12H2. The summed E-state index contributed by atoms with van der Waals surface area (Å²) in [4.78, 5) is 16.2. The number of halogens is 3. The molecule has 0 N–H and O–H groups in total. The van der Waals surface area contributed by atoms with E-state index in [0.717, 1.165) is 30.6 Å². The number of fused-ring (bicyclic) bond motifs is 1. The molecular weight excluding hydrogens is 397 g/mol. The Labute approximate surface area is 170 Å². The molecule has 0 unspecified atom stereocenters. The maximum atomic E-state index is 13.3. The van der Waals surface area contributed by atoms with Gasteiger partial charge in [0.25, 0.3) is 5.91 Å². The minimum Gasteiger partial charge on any atom is -0.352 e. The zero-order valence-electron chi connectivity index (χ0n) is 16.0. The summed E-state index contributed by atoms with van der Waals surface area (Å²) >= 11 is 0. The van der Waals surface area contributed by atoms with E-state index in [1.54, 1.807) is 4.52 Å². The maximum Gasteiger partial charge on any atom is 0.417 e. The predicted octanol–water partition coefficient (Wildman–Crippen LogP) is 2.98. The van der Waals surface area contributed by atoms with Crippen LogP contribution in [0.15, 0.2) is 36.4 Å².